The highest BCUT2D eigenvalue weighted by Crippen LogP contribution is 2.16. The summed E-state index contributed by atoms with van der Waals surface area (Å²) in [5.41, 5.74) is 0.932. The number of carbonyl (C=O) groups is 1. The van der Waals surface area contributed by atoms with Gasteiger partial charge in [0.15, 0.2) is 5.69 Å². The second-order valence-corrected chi connectivity index (χ2v) is 4.19. The van der Waals surface area contributed by atoms with Gasteiger partial charge in [-0.15, -0.1) is 0 Å². The maximum atomic E-state index is 12.2. The predicted molar refractivity (Wildman–Crippen MR) is 72.1 cm³/mol. The molecular formula is C13H19N3O3. The van der Waals surface area contributed by atoms with Crippen LogP contribution in [-0.2, 0) is 6.42 Å². The van der Waals surface area contributed by atoms with Gasteiger partial charge in [-0.25, -0.2) is 0 Å². The van der Waals surface area contributed by atoms with Crippen molar-refractivity contribution in [3.8, 4) is 0 Å². The minimum Gasteiger partial charge on any atom is -0.358 e. The Labute approximate surface area is 112 Å². The lowest BCUT2D eigenvalue weighted by atomic mass is 10.1. The molecule has 0 unspecified atom stereocenters. The Morgan fingerprint density at radius 2 is 1.95 bits per heavy atom. The number of pyridine rings is 1. The number of aryl methyl sites for hydroxylation is 1. The zero-order chi connectivity index (χ0) is 14.4. The van der Waals surface area contributed by atoms with Gasteiger partial charge >= 0.3 is 5.82 Å². The van der Waals surface area contributed by atoms with Crippen LogP contribution < -0.4 is 0 Å². The molecule has 0 aliphatic carbocycles. The third kappa shape index (κ3) is 3.74. The average molecular weight is 265 g/mol. The van der Waals surface area contributed by atoms with Gasteiger partial charge in [0, 0.05) is 25.6 Å². The van der Waals surface area contributed by atoms with Gasteiger partial charge in [-0.05, 0) is 36.2 Å². The molecule has 0 spiro atoms. The second kappa shape index (κ2) is 6.82. The number of hydrogen-bond donors (Lipinski definition) is 0. The number of amides is 1. The van der Waals surface area contributed by atoms with Crippen LogP contribution >= 0.6 is 0 Å². The van der Waals surface area contributed by atoms with Crippen LogP contribution in [0.15, 0.2) is 12.1 Å². The first kappa shape index (κ1) is 15.1. The molecule has 0 radical (unpaired) electrons. The number of hydrogen-bond acceptors (Lipinski definition) is 4. The fourth-order valence-electron chi connectivity index (χ4n) is 1.87. The number of aromatic nitrogens is 1. The van der Waals surface area contributed by atoms with Crippen molar-refractivity contribution in [3.63, 3.8) is 0 Å². The highest BCUT2D eigenvalue weighted by Gasteiger charge is 2.19. The molecule has 0 bridgehead atoms. The van der Waals surface area contributed by atoms with E-state index in [0.717, 1.165) is 6.42 Å². The molecule has 1 amide bonds. The lowest BCUT2D eigenvalue weighted by Crippen LogP contribution is -2.30. The Bertz CT molecular complexity index is 470. The Morgan fingerprint density at radius 1 is 1.32 bits per heavy atom. The van der Waals surface area contributed by atoms with Gasteiger partial charge in [-0.3, -0.25) is 4.79 Å². The topological polar surface area (TPSA) is 76.3 Å². The van der Waals surface area contributed by atoms with E-state index in [1.807, 2.05) is 20.8 Å². The number of nitro groups is 1. The minimum absolute atomic E-state index is 0.187. The smallest absolute Gasteiger partial charge is 0.358 e. The fourth-order valence-corrected chi connectivity index (χ4v) is 1.87. The maximum absolute atomic E-state index is 12.2. The first-order valence-electron chi connectivity index (χ1n) is 6.48. The van der Waals surface area contributed by atoms with Gasteiger partial charge in [0.05, 0.1) is 5.56 Å². The van der Waals surface area contributed by atoms with E-state index in [1.165, 1.54) is 6.07 Å². The fraction of sp³-hybridized carbons (Fsp3) is 0.538. The molecule has 6 nitrogen and oxygen atoms in total. The predicted octanol–water partition coefficient (Wildman–Crippen LogP) is 2.42. The molecule has 6 heteroatoms. The third-order valence-electron chi connectivity index (χ3n) is 2.86. The quantitative estimate of drug-likeness (QED) is 0.584. The molecule has 19 heavy (non-hydrogen) atoms. The van der Waals surface area contributed by atoms with Crippen molar-refractivity contribution in [3.05, 3.63) is 33.5 Å². The summed E-state index contributed by atoms with van der Waals surface area (Å²) in [6.45, 7) is 6.88. The molecule has 1 aromatic rings. The Morgan fingerprint density at radius 3 is 2.42 bits per heavy atom. The number of carbonyl (C=O) groups excluding carboxylic acids is 1. The largest absolute Gasteiger partial charge is 0.364 e. The Hall–Kier alpha value is -1.98. The zero-order valence-corrected chi connectivity index (χ0v) is 11.5. The summed E-state index contributed by atoms with van der Waals surface area (Å²) >= 11 is 0. The highest BCUT2D eigenvalue weighted by atomic mass is 16.6. The monoisotopic (exact) mass is 265 g/mol. The van der Waals surface area contributed by atoms with E-state index in [9.17, 15) is 14.9 Å². The summed E-state index contributed by atoms with van der Waals surface area (Å²) in [7, 11) is 0. The second-order valence-electron chi connectivity index (χ2n) is 4.19. The van der Waals surface area contributed by atoms with Crippen LogP contribution in [0.2, 0.25) is 0 Å². The van der Waals surface area contributed by atoms with Crippen LogP contribution in [0.1, 0.15) is 43.2 Å². The molecule has 1 heterocycles. The zero-order valence-electron chi connectivity index (χ0n) is 11.5. The van der Waals surface area contributed by atoms with Gasteiger partial charge in [-0.2, -0.15) is 0 Å². The summed E-state index contributed by atoms with van der Waals surface area (Å²) in [6.07, 6.45) is 1.45. The van der Waals surface area contributed by atoms with E-state index in [1.54, 1.807) is 11.0 Å². The average Bonchev–Trinajstić information content (AvgIpc) is 2.40. The van der Waals surface area contributed by atoms with Crippen molar-refractivity contribution in [2.24, 2.45) is 0 Å². The molecule has 0 atom stereocenters. The van der Waals surface area contributed by atoms with Gasteiger partial charge in [0.25, 0.3) is 5.91 Å². The van der Waals surface area contributed by atoms with Crippen LogP contribution in [0.25, 0.3) is 0 Å². The molecule has 104 valence electrons. The molecule has 0 N–H and O–H groups in total. The van der Waals surface area contributed by atoms with E-state index in [-0.39, 0.29) is 11.7 Å². The van der Waals surface area contributed by atoms with Crippen LogP contribution in [0.5, 0.6) is 0 Å². The summed E-state index contributed by atoms with van der Waals surface area (Å²) in [6, 6.07) is 2.90. The molecule has 0 fully saturated rings. The van der Waals surface area contributed by atoms with E-state index in [4.69, 9.17) is 0 Å². The van der Waals surface area contributed by atoms with Crippen molar-refractivity contribution < 1.29 is 9.72 Å². The van der Waals surface area contributed by atoms with E-state index in [0.29, 0.717) is 30.8 Å². The number of nitrogens with zero attached hydrogens (tertiary/aromatic N) is 3. The lowest BCUT2D eigenvalue weighted by molar-refractivity contribution is -0.389. The Kier molecular flexibility index (Phi) is 5.41. The maximum Gasteiger partial charge on any atom is 0.364 e. The van der Waals surface area contributed by atoms with E-state index in [2.05, 4.69) is 4.98 Å². The number of rotatable bonds is 6. The standard InChI is InChI=1S/C13H19N3O3/c1-4-7-11-8-10(9-12(14-11)16(18)19)13(17)15(5-2)6-3/h8-9H,4-7H2,1-3H3. The van der Waals surface area contributed by atoms with Crippen molar-refractivity contribution in [1.29, 1.82) is 0 Å². The van der Waals surface area contributed by atoms with E-state index < -0.39 is 4.92 Å². The molecule has 0 aliphatic rings. The normalized spacial score (nSPS) is 10.3. The Balaban J connectivity index is 3.18. The summed E-state index contributed by atoms with van der Waals surface area (Å²) in [4.78, 5) is 28.1. The first-order valence-corrected chi connectivity index (χ1v) is 6.48. The van der Waals surface area contributed by atoms with Gasteiger partial charge in [-0.1, -0.05) is 6.92 Å². The summed E-state index contributed by atoms with van der Waals surface area (Å²) in [5, 5.41) is 10.9. The van der Waals surface area contributed by atoms with Gasteiger partial charge in [0.1, 0.15) is 0 Å². The molecular weight excluding hydrogens is 246 g/mol. The van der Waals surface area contributed by atoms with Gasteiger partial charge in [0.2, 0.25) is 0 Å². The SMILES string of the molecule is CCCc1cc(C(=O)N(CC)CC)cc([N+](=O)[O-])n1. The molecule has 0 aromatic carbocycles. The van der Waals surface area contributed by atoms with E-state index >= 15 is 0 Å². The first-order chi connectivity index (χ1) is 9.03. The van der Waals surface area contributed by atoms with Gasteiger partial charge < -0.3 is 15.0 Å². The molecule has 1 rings (SSSR count). The van der Waals surface area contributed by atoms with Crippen LogP contribution in [0.3, 0.4) is 0 Å². The van der Waals surface area contributed by atoms with Crippen molar-refractivity contribution in [2.75, 3.05) is 13.1 Å². The summed E-state index contributed by atoms with van der Waals surface area (Å²) in [5.74, 6) is -0.450. The van der Waals surface area contributed by atoms with Crippen LogP contribution in [0.4, 0.5) is 5.82 Å². The molecule has 0 aliphatic heterocycles. The molecule has 1 aromatic heterocycles. The van der Waals surface area contributed by atoms with Crippen LogP contribution in [0, 0.1) is 10.1 Å². The highest BCUT2D eigenvalue weighted by molar-refractivity contribution is 5.94. The molecule has 0 saturated heterocycles. The van der Waals surface area contributed by atoms with Crippen molar-refractivity contribution in [1.82, 2.24) is 9.88 Å². The lowest BCUT2D eigenvalue weighted by Gasteiger charge is -2.18. The third-order valence-corrected chi connectivity index (χ3v) is 2.86. The van der Waals surface area contributed by atoms with Crippen molar-refractivity contribution in [2.45, 2.75) is 33.6 Å². The molecule has 0 saturated carbocycles. The van der Waals surface area contributed by atoms with Crippen LogP contribution in [-0.4, -0.2) is 33.8 Å². The summed E-state index contributed by atoms with van der Waals surface area (Å²) < 4.78 is 0. The minimum atomic E-state index is -0.557. The van der Waals surface area contributed by atoms with Crippen molar-refractivity contribution >= 4 is 11.7 Å².